The molecule has 0 saturated carbocycles. The van der Waals surface area contributed by atoms with Crippen LogP contribution in [0.4, 0.5) is 5.69 Å². The monoisotopic (exact) mass is 552 g/mol. The zero-order valence-corrected chi connectivity index (χ0v) is 24.0. The van der Waals surface area contributed by atoms with Gasteiger partial charge >= 0.3 is 5.97 Å². The number of nitrogens with one attached hydrogen (secondary N) is 2. The van der Waals surface area contributed by atoms with Crippen LogP contribution < -0.4 is 15.5 Å². The fourth-order valence-corrected chi connectivity index (χ4v) is 4.88. The van der Waals surface area contributed by atoms with Gasteiger partial charge in [-0.15, -0.1) is 0 Å². The van der Waals surface area contributed by atoms with E-state index in [4.69, 9.17) is 4.74 Å². The molecular formula is C30H40N4O6. The van der Waals surface area contributed by atoms with Crippen molar-refractivity contribution in [3.8, 4) is 0 Å². The van der Waals surface area contributed by atoms with Crippen LogP contribution >= 0.6 is 0 Å². The molecule has 0 saturated heterocycles. The lowest BCUT2D eigenvalue weighted by atomic mass is 9.92. The van der Waals surface area contributed by atoms with Crippen molar-refractivity contribution in [2.45, 2.75) is 58.4 Å². The Morgan fingerprint density at radius 3 is 2.35 bits per heavy atom. The molecule has 1 aliphatic rings. The molecule has 2 aromatic carbocycles. The second-order valence-corrected chi connectivity index (χ2v) is 10.4. The lowest BCUT2D eigenvalue weighted by Gasteiger charge is -2.29. The molecule has 0 aromatic heterocycles. The number of esters is 1. The first-order valence-corrected chi connectivity index (χ1v) is 13.8. The van der Waals surface area contributed by atoms with Gasteiger partial charge in [-0.1, -0.05) is 38.8 Å². The minimum atomic E-state index is -0.853. The first-order valence-electron chi connectivity index (χ1n) is 13.8. The van der Waals surface area contributed by atoms with Crippen LogP contribution in [-0.2, 0) is 19.1 Å². The van der Waals surface area contributed by atoms with Gasteiger partial charge in [-0.25, -0.2) is 4.79 Å². The molecule has 0 unspecified atom stereocenters. The second kappa shape index (κ2) is 13.9. The quantitative estimate of drug-likeness (QED) is 0.209. The van der Waals surface area contributed by atoms with Gasteiger partial charge in [-0.2, -0.15) is 0 Å². The van der Waals surface area contributed by atoms with Crippen molar-refractivity contribution in [2.24, 2.45) is 5.92 Å². The minimum absolute atomic E-state index is 0.0934. The Morgan fingerprint density at radius 1 is 1.00 bits per heavy atom. The van der Waals surface area contributed by atoms with Gasteiger partial charge in [-0.05, 0) is 37.5 Å². The number of ether oxygens (including phenoxy) is 1. The van der Waals surface area contributed by atoms with E-state index in [0.717, 1.165) is 30.3 Å². The Balaban J connectivity index is 1.57. The average Bonchev–Trinajstić information content (AvgIpc) is 2.94. The molecule has 0 bridgehead atoms. The fourth-order valence-electron chi connectivity index (χ4n) is 4.88. The SMILES string of the molecule is CCCCCC(=O)N[C@H](CCNC(=O)[C@H](C)CCN1C(=O)c2cccc3c(N(C)C)ccc(c23)C1=O)C(=O)OC. The maximum absolute atomic E-state index is 13.3. The number of rotatable bonds is 14. The van der Waals surface area contributed by atoms with Crippen LogP contribution in [0, 0.1) is 5.92 Å². The summed E-state index contributed by atoms with van der Waals surface area (Å²) in [4.78, 5) is 66.8. The molecule has 4 amide bonds. The van der Waals surface area contributed by atoms with Crippen LogP contribution in [0.5, 0.6) is 0 Å². The first kappa shape index (κ1) is 30.6. The highest BCUT2D eigenvalue weighted by atomic mass is 16.5. The number of carbonyl (C=O) groups is 5. The summed E-state index contributed by atoms with van der Waals surface area (Å²) in [6.07, 6.45) is 3.44. The van der Waals surface area contributed by atoms with E-state index in [2.05, 4.69) is 10.6 Å². The summed E-state index contributed by atoms with van der Waals surface area (Å²) >= 11 is 0. The van der Waals surface area contributed by atoms with Gasteiger partial charge in [0.05, 0.1) is 7.11 Å². The number of imide groups is 1. The number of amides is 4. The van der Waals surface area contributed by atoms with E-state index in [-0.39, 0.29) is 49.6 Å². The van der Waals surface area contributed by atoms with Crippen LogP contribution in [-0.4, -0.2) is 74.8 Å². The Bertz CT molecular complexity index is 1250. The smallest absolute Gasteiger partial charge is 0.328 e. The number of benzene rings is 2. The molecule has 2 atom stereocenters. The maximum Gasteiger partial charge on any atom is 0.328 e. The maximum atomic E-state index is 13.3. The molecule has 0 radical (unpaired) electrons. The zero-order chi connectivity index (χ0) is 29.4. The van der Waals surface area contributed by atoms with E-state index < -0.39 is 17.9 Å². The molecule has 1 aliphatic heterocycles. The minimum Gasteiger partial charge on any atom is -0.467 e. The molecular weight excluding hydrogens is 512 g/mol. The number of carbonyl (C=O) groups excluding carboxylic acids is 5. The molecule has 10 heteroatoms. The Kier molecular flexibility index (Phi) is 10.6. The van der Waals surface area contributed by atoms with E-state index in [1.807, 2.05) is 44.1 Å². The molecule has 10 nitrogen and oxygen atoms in total. The van der Waals surface area contributed by atoms with Crippen molar-refractivity contribution in [1.29, 1.82) is 0 Å². The van der Waals surface area contributed by atoms with Crippen molar-refractivity contribution in [2.75, 3.05) is 39.2 Å². The van der Waals surface area contributed by atoms with Gasteiger partial charge in [0.1, 0.15) is 6.04 Å². The van der Waals surface area contributed by atoms with Gasteiger partial charge < -0.3 is 20.3 Å². The molecule has 0 fully saturated rings. The number of methoxy groups -OCH3 is 1. The predicted octanol–water partition coefficient (Wildman–Crippen LogP) is 3.27. The normalized spacial score (nSPS) is 14.1. The number of hydrogen-bond acceptors (Lipinski definition) is 7. The number of hydrogen-bond donors (Lipinski definition) is 2. The summed E-state index contributed by atoms with van der Waals surface area (Å²) in [5, 5.41) is 6.97. The topological polar surface area (TPSA) is 125 Å². The summed E-state index contributed by atoms with van der Waals surface area (Å²) in [5.41, 5.74) is 1.86. The van der Waals surface area contributed by atoms with E-state index in [9.17, 15) is 24.0 Å². The van der Waals surface area contributed by atoms with E-state index >= 15 is 0 Å². The summed E-state index contributed by atoms with van der Waals surface area (Å²) < 4.78 is 4.80. The van der Waals surface area contributed by atoms with Crippen molar-refractivity contribution >= 4 is 46.1 Å². The van der Waals surface area contributed by atoms with Gasteiger partial charge in [0, 0.05) is 67.1 Å². The number of anilines is 1. The van der Waals surface area contributed by atoms with Crippen molar-refractivity contribution < 1.29 is 28.7 Å². The fraction of sp³-hybridized carbons (Fsp3) is 0.500. The van der Waals surface area contributed by atoms with Gasteiger partial charge in [0.2, 0.25) is 11.8 Å². The second-order valence-electron chi connectivity index (χ2n) is 10.4. The van der Waals surface area contributed by atoms with Gasteiger partial charge in [0.15, 0.2) is 0 Å². The molecule has 0 spiro atoms. The Morgan fingerprint density at radius 2 is 1.70 bits per heavy atom. The highest BCUT2D eigenvalue weighted by Crippen LogP contribution is 2.35. The van der Waals surface area contributed by atoms with Crippen molar-refractivity contribution in [3.05, 3.63) is 41.5 Å². The third-order valence-electron chi connectivity index (χ3n) is 7.24. The first-order chi connectivity index (χ1) is 19.1. The predicted molar refractivity (Wildman–Crippen MR) is 153 cm³/mol. The highest BCUT2D eigenvalue weighted by molar-refractivity contribution is 6.26. The number of nitrogens with zero attached hydrogens (tertiary/aromatic N) is 2. The van der Waals surface area contributed by atoms with Crippen LogP contribution in [0.25, 0.3) is 10.8 Å². The third kappa shape index (κ3) is 6.97. The summed E-state index contributed by atoms with van der Waals surface area (Å²) in [6, 6.07) is 8.21. The van der Waals surface area contributed by atoms with Crippen LogP contribution in [0.2, 0.25) is 0 Å². The summed E-state index contributed by atoms with van der Waals surface area (Å²) in [6.45, 7) is 4.01. The Hall–Kier alpha value is -3.95. The standard InChI is InChI=1S/C30H40N4O6/c1-6-7-8-12-25(35)32-23(30(39)40-5)15-17-31-27(36)19(2)16-18-34-28(37)21-11-9-10-20-24(33(3)4)14-13-22(26(20)21)29(34)38/h9-11,13-14,19,23H,6-8,12,15-18H2,1-5H3,(H,31,36)(H,32,35)/t19-,23-/m1/s1. The molecule has 2 aromatic rings. The van der Waals surface area contributed by atoms with Gasteiger partial charge in [-0.3, -0.25) is 24.1 Å². The molecule has 0 aliphatic carbocycles. The Labute approximate surface area is 235 Å². The average molecular weight is 553 g/mol. The molecule has 40 heavy (non-hydrogen) atoms. The van der Waals surface area contributed by atoms with E-state index in [1.54, 1.807) is 19.1 Å². The lowest BCUT2D eigenvalue weighted by molar-refractivity contribution is -0.145. The molecule has 216 valence electrons. The van der Waals surface area contributed by atoms with E-state index in [0.29, 0.717) is 22.9 Å². The van der Waals surface area contributed by atoms with Crippen molar-refractivity contribution in [3.63, 3.8) is 0 Å². The molecule has 1 heterocycles. The van der Waals surface area contributed by atoms with Gasteiger partial charge in [0.25, 0.3) is 11.8 Å². The van der Waals surface area contributed by atoms with Crippen LogP contribution in [0.3, 0.4) is 0 Å². The number of unbranched alkanes of at least 4 members (excludes halogenated alkanes) is 2. The summed E-state index contributed by atoms with van der Waals surface area (Å²) in [7, 11) is 5.08. The largest absolute Gasteiger partial charge is 0.467 e. The van der Waals surface area contributed by atoms with Crippen molar-refractivity contribution in [1.82, 2.24) is 15.5 Å². The molecule has 3 rings (SSSR count). The molecule has 2 N–H and O–H groups in total. The summed E-state index contributed by atoms with van der Waals surface area (Å²) in [5.74, 6) is -2.30. The zero-order valence-electron chi connectivity index (χ0n) is 24.0. The van der Waals surface area contributed by atoms with Crippen LogP contribution in [0.1, 0.15) is 73.1 Å². The lowest BCUT2D eigenvalue weighted by Crippen LogP contribution is -2.44. The highest BCUT2D eigenvalue weighted by Gasteiger charge is 2.34. The van der Waals surface area contributed by atoms with Crippen LogP contribution in [0.15, 0.2) is 30.3 Å². The third-order valence-corrected chi connectivity index (χ3v) is 7.24. The van der Waals surface area contributed by atoms with E-state index in [1.165, 1.54) is 12.0 Å².